The third-order valence-corrected chi connectivity index (χ3v) is 3.75. The highest BCUT2D eigenvalue weighted by Gasteiger charge is 2.34. The molecular formula is C14H18F3N3O2. The van der Waals surface area contributed by atoms with Crippen molar-refractivity contribution >= 4 is 11.8 Å². The monoisotopic (exact) mass is 317 g/mol. The number of alkyl halides is 3. The quantitative estimate of drug-likeness (QED) is 0.749. The van der Waals surface area contributed by atoms with Crippen LogP contribution in [0.3, 0.4) is 0 Å². The Hall–Kier alpha value is -1.96. The number of nitrogens with zero attached hydrogens (tertiary/aromatic N) is 1. The van der Waals surface area contributed by atoms with Crippen molar-refractivity contribution in [3.8, 4) is 0 Å². The zero-order valence-electron chi connectivity index (χ0n) is 11.9. The van der Waals surface area contributed by atoms with E-state index in [9.17, 15) is 18.0 Å². The van der Waals surface area contributed by atoms with E-state index in [0.29, 0.717) is 25.9 Å². The minimum absolute atomic E-state index is 0.0837. The molecule has 0 atom stereocenters. The molecule has 22 heavy (non-hydrogen) atoms. The fraction of sp³-hybridized carbons (Fsp3) is 0.500. The summed E-state index contributed by atoms with van der Waals surface area (Å²) < 4.78 is 39.1. The van der Waals surface area contributed by atoms with Crippen LogP contribution in [0.2, 0.25) is 0 Å². The Morgan fingerprint density at radius 3 is 2.55 bits per heavy atom. The Balaban J connectivity index is 2.02. The lowest BCUT2D eigenvalue weighted by Gasteiger charge is -2.32. The topological polar surface area (TPSA) is 78.6 Å². The summed E-state index contributed by atoms with van der Waals surface area (Å²) in [5.41, 5.74) is 5.00. The normalized spacial score (nSPS) is 17.4. The lowest BCUT2D eigenvalue weighted by atomic mass is 10.0. The second-order valence-electron chi connectivity index (χ2n) is 5.41. The van der Waals surface area contributed by atoms with Crippen LogP contribution in [0.25, 0.3) is 0 Å². The third kappa shape index (κ3) is 4.27. The van der Waals surface area contributed by atoms with Crippen molar-refractivity contribution in [2.75, 3.05) is 18.8 Å². The van der Waals surface area contributed by atoms with Crippen molar-refractivity contribution in [3.63, 3.8) is 0 Å². The van der Waals surface area contributed by atoms with Gasteiger partial charge in [-0.05, 0) is 30.5 Å². The van der Waals surface area contributed by atoms with E-state index in [1.165, 1.54) is 12.1 Å². The second kappa shape index (κ2) is 6.43. The van der Waals surface area contributed by atoms with Gasteiger partial charge < -0.3 is 16.2 Å². The van der Waals surface area contributed by atoms with Crippen LogP contribution in [0.4, 0.5) is 23.7 Å². The number of amides is 1. The average molecular weight is 317 g/mol. The highest BCUT2D eigenvalue weighted by atomic mass is 19.4. The van der Waals surface area contributed by atoms with E-state index in [0.717, 1.165) is 6.07 Å². The molecule has 1 aliphatic heterocycles. The Kier molecular flexibility index (Phi) is 4.80. The van der Waals surface area contributed by atoms with Crippen LogP contribution in [0, 0.1) is 0 Å². The Labute approximate surface area is 125 Å². The number of benzene rings is 1. The van der Waals surface area contributed by atoms with Crippen LogP contribution in [0.15, 0.2) is 18.2 Å². The highest BCUT2D eigenvalue weighted by Crippen LogP contribution is 2.34. The first-order chi connectivity index (χ1) is 10.3. The molecule has 5 nitrogen and oxygen atoms in total. The molecule has 2 rings (SSSR count). The zero-order valence-corrected chi connectivity index (χ0v) is 11.9. The molecular weight excluding hydrogens is 299 g/mol. The molecule has 1 aromatic carbocycles. The maximum Gasteiger partial charge on any atom is 0.416 e. The van der Waals surface area contributed by atoms with Gasteiger partial charge >= 0.3 is 12.3 Å². The predicted molar refractivity (Wildman–Crippen MR) is 75.3 cm³/mol. The number of carbonyl (C=O) groups is 1. The zero-order chi connectivity index (χ0) is 16.3. The molecule has 0 saturated carbocycles. The van der Waals surface area contributed by atoms with Gasteiger partial charge in [0, 0.05) is 31.4 Å². The van der Waals surface area contributed by atoms with Gasteiger partial charge in [-0.3, -0.25) is 4.90 Å². The average Bonchev–Trinajstić information content (AvgIpc) is 2.41. The molecule has 0 bridgehead atoms. The first-order valence-corrected chi connectivity index (χ1v) is 6.93. The summed E-state index contributed by atoms with van der Waals surface area (Å²) in [7, 11) is 0. The number of halogens is 3. The number of nitrogens with two attached hydrogens (primary N) is 1. The molecule has 0 aromatic heterocycles. The predicted octanol–water partition coefficient (Wildman–Crippen LogP) is 2.52. The summed E-state index contributed by atoms with van der Waals surface area (Å²) in [6.07, 6.45) is -4.34. The van der Waals surface area contributed by atoms with Crippen molar-refractivity contribution in [2.24, 2.45) is 0 Å². The molecule has 4 N–H and O–H groups in total. The summed E-state index contributed by atoms with van der Waals surface area (Å²) in [6.45, 7) is 1.27. The van der Waals surface area contributed by atoms with Gasteiger partial charge in [0.25, 0.3) is 0 Å². The summed E-state index contributed by atoms with van der Waals surface area (Å²) in [6, 6.07) is 3.68. The molecule has 122 valence electrons. The molecule has 1 saturated heterocycles. The molecule has 0 aliphatic carbocycles. The number of rotatable bonds is 3. The Morgan fingerprint density at radius 2 is 2.00 bits per heavy atom. The molecule has 0 radical (unpaired) electrons. The number of hydrogen-bond donors (Lipinski definition) is 3. The van der Waals surface area contributed by atoms with Crippen LogP contribution in [0.5, 0.6) is 0 Å². The van der Waals surface area contributed by atoms with Gasteiger partial charge in [0.2, 0.25) is 0 Å². The van der Waals surface area contributed by atoms with Crippen molar-refractivity contribution in [3.05, 3.63) is 29.3 Å². The fourth-order valence-electron chi connectivity index (χ4n) is 2.65. The van der Waals surface area contributed by atoms with Gasteiger partial charge in [0.05, 0.1) is 5.56 Å². The molecule has 1 amide bonds. The number of likely N-dealkylation sites (tertiary alicyclic amines) is 1. The van der Waals surface area contributed by atoms with Crippen LogP contribution in [-0.4, -0.2) is 35.2 Å². The molecule has 1 aliphatic rings. The van der Waals surface area contributed by atoms with Gasteiger partial charge in [-0.1, -0.05) is 6.07 Å². The second-order valence-corrected chi connectivity index (χ2v) is 5.41. The number of anilines is 1. The van der Waals surface area contributed by atoms with Crippen molar-refractivity contribution in [2.45, 2.75) is 31.6 Å². The minimum atomic E-state index is -4.44. The number of hydrogen-bond acceptors (Lipinski definition) is 3. The van der Waals surface area contributed by atoms with E-state index in [1.807, 2.05) is 4.90 Å². The summed E-state index contributed by atoms with van der Waals surface area (Å²) in [4.78, 5) is 12.5. The maximum atomic E-state index is 13.0. The van der Waals surface area contributed by atoms with E-state index in [-0.39, 0.29) is 23.8 Å². The SMILES string of the molecule is Nc1ccc(CN2CCC(NC(=O)O)CC2)c(C(F)(F)F)c1. The molecule has 0 unspecified atom stereocenters. The number of nitrogens with one attached hydrogen (secondary N) is 1. The van der Waals surface area contributed by atoms with Gasteiger partial charge in [-0.25, -0.2) is 4.79 Å². The molecule has 1 fully saturated rings. The molecule has 0 spiro atoms. The first-order valence-electron chi connectivity index (χ1n) is 6.93. The van der Waals surface area contributed by atoms with Gasteiger partial charge in [0.15, 0.2) is 0 Å². The summed E-state index contributed by atoms with van der Waals surface area (Å²) >= 11 is 0. The summed E-state index contributed by atoms with van der Waals surface area (Å²) in [5, 5.41) is 11.1. The van der Waals surface area contributed by atoms with Crippen LogP contribution >= 0.6 is 0 Å². The lowest BCUT2D eigenvalue weighted by Crippen LogP contribution is -2.44. The van der Waals surface area contributed by atoms with E-state index >= 15 is 0 Å². The van der Waals surface area contributed by atoms with Crippen LogP contribution < -0.4 is 11.1 Å². The third-order valence-electron chi connectivity index (χ3n) is 3.75. The summed E-state index contributed by atoms with van der Waals surface area (Å²) in [5.74, 6) is 0. The molecule has 8 heteroatoms. The van der Waals surface area contributed by atoms with Crippen molar-refractivity contribution < 1.29 is 23.1 Å². The maximum absolute atomic E-state index is 13.0. The fourth-order valence-corrected chi connectivity index (χ4v) is 2.65. The molecule has 1 aromatic rings. The lowest BCUT2D eigenvalue weighted by molar-refractivity contribution is -0.138. The number of piperidine rings is 1. The van der Waals surface area contributed by atoms with Crippen LogP contribution in [0.1, 0.15) is 24.0 Å². The van der Waals surface area contributed by atoms with E-state index < -0.39 is 17.8 Å². The number of carboxylic acid groups (broad SMARTS) is 1. The van der Waals surface area contributed by atoms with Gasteiger partial charge in [-0.2, -0.15) is 13.2 Å². The van der Waals surface area contributed by atoms with Crippen molar-refractivity contribution in [1.29, 1.82) is 0 Å². The standard InChI is InChI=1S/C14H18F3N3O2/c15-14(16,17)12-7-10(18)2-1-9(12)8-20-5-3-11(4-6-20)19-13(21)22/h1-2,7,11,19H,3-6,8,18H2,(H,21,22). The Morgan fingerprint density at radius 1 is 1.36 bits per heavy atom. The smallest absolute Gasteiger partial charge is 0.416 e. The highest BCUT2D eigenvalue weighted by molar-refractivity contribution is 5.64. The van der Waals surface area contributed by atoms with E-state index in [1.54, 1.807) is 0 Å². The number of nitrogen functional groups attached to an aromatic ring is 1. The molecule has 1 heterocycles. The van der Waals surface area contributed by atoms with Gasteiger partial charge in [0.1, 0.15) is 0 Å². The first kappa shape index (κ1) is 16.4. The van der Waals surface area contributed by atoms with E-state index in [2.05, 4.69) is 5.32 Å². The van der Waals surface area contributed by atoms with Crippen molar-refractivity contribution in [1.82, 2.24) is 10.2 Å². The largest absolute Gasteiger partial charge is 0.465 e. The van der Waals surface area contributed by atoms with Crippen LogP contribution in [-0.2, 0) is 12.7 Å². The Bertz CT molecular complexity index is 541. The van der Waals surface area contributed by atoms with Gasteiger partial charge in [-0.15, -0.1) is 0 Å². The minimum Gasteiger partial charge on any atom is -0.465 e. The van der Waals surface area contributed by atoms with E-state index in [4.69, 9.17) is 10.8 Å².